The van der Waals surface area contributed by atoms with Gasteiger partial charge >= 0.3 is 6.18 Å². The second-order valence-corrected chi connectivity index (χ2v) is 3.66. The molecule has 0 amide bonds. The van der Waals surface area contributed by atoms with Gasteiger partial charge in [0.2, 0.25) is 0 Å². The fraction of sp³-hybridized carbons (Fsp3) is 0.455. The lowest BCUT2D eigenvalue weighted by molar-refractivity contribution is -0.196. The molecule has 0 heterocycles. The minimum atomic E-state index is -4.56. The summed E-state index contributed by atoms with van der Waals surface area (Å²) >= 11 is 0. The van der Waals surface area contributed by atoms with Crippen LogP contribution in [0, 0.1) is 12.7 Å². The molecule has 0 radical (unpaired) electrons. The summed E-state index contributed by atoms with van der Waals surface area (Å²) in [6.45, 7) is 1.45. The smallest absolute Gasteiger partial charge is 0.425 e. The van der Waals surface area contributed by atoms with Crippen LogP contribution < -0.4 is 10.5 Å². The van der Waals surface area contributed by atoms with Crippen LogP contribution in [0.3, 0.4) is 0 Å². The van der Waals surface area contributed by atoms with E-state index in [9.17, 15) is 17.6 Å². The number of rotatable bonds is 4. The van der Waals surface area contributed by atoms with E-state index in [-0.39, 0.29) is 6.54 Å². The Hall–Kier alpha value is -1.30. The molecule has 0 aliphatic heterocycles. The van der Waals surface area contributed by atoms with Crippen molar-refractivity contribution < 1.29 is 22.3 Å². The number of nitrogens with two attached hydrogens (primary N) is 1. The summed E-state index contributed by atoms with van der Waals surface area (Å²) in [5, 5.41) is 0. The van der Waals surface area contributed by atoms with Gasteiger partial charge in [0, 0.05) is 6.42 Å². The van der Waals surface area contributed by atoms with Crippen molar-refractivity contribution in [3.05, 3.63) is 29.6 Å². The predicted octanol–water partition coefficient (Wildman–Crippen LogP) is 2.79. The molecule has 6 heteroatoms. The van der Waals surface area contributed by atoms with E-state index in [4.69, 9.17) is 5.73 Å². The first-order valence-corrected chi connectivity index (χ1v) is 5.04. The number of ether oxygens (including phenoxy) is 1. The average Bonchev–Trinajstić information content (AvgIpc) is 2.21. The van der Waals surface area contributed by atoms with Crippen molar-refractivity contribution in [1.29, 1.82) is 0 Å². The molecule has 1 unspecified atom stereocenters. The van der Waals surface area contributed by atoms with Gasteiger partial charge in [-0.2, -0.15) is 13.2 Å². The Morgan fingerprint density at radius 3 is 2.53 bits per heavy atom. The molecule has 0 saturated carbocycles. The third-order valence-corrected chi connectivity index (χ3v) is 2.15. The second-order valence-electron chi connectivity index (χ2n) is 3.66. The van der Waals surface area contributed by atoms with Crippen LogP contribution in [0.25, 0.3) is 0 Å². The lowest BCUT2D eigenvalue weighted by atomic mass is 10.2. The predicted molar refractivity (Wildman–Crippen MR) is 55.3 cm³/mol. The van der Waals surface area contributed by atoms with Crippen molar-refractivity contribution in [3.8, 4) is 5.75 Å². The molecule has 1 atom stereocenters. The molecule has 0 bridgehead atoms. The molecule has 0 aliphatic carbocycles. The quantitative estimate of drug-likeness (QED) is 0.835. The topological polar surface area (TPSA) is 35.2 Å². The molecule has 0 aromatic heterocycles. The van der Waals surface area contributed by atoms with Gasteiger partial charge in [-0.3, -0.25) is 0 Å². The highest BCUT2D eigenvalue weighted by atomic mass is 19.4. The number of alkyl halides is 3. The molecule has 1 aromatic carbocycles. The van der Waals surface area contributed by atoms with Crippen LogP contribution in [0.15, 0.2) is 18.2 Å². The van der Waals surface area contributed by atoms with Crippen molar-refractivity contribution in [2.24, 2.45) is 5.73 Å². The van der Waals surface area contributed by atoms with Crippen LogP contribution in [-0.4, -0.2) is 18.8 Å². The van der Waals surface area contributed by atoms with Gasteiger partial charge in [0.1, 0.15) is 0 Å². The zero-order valence-electron chi connectivity index (χ0n) is 9.22. The first-order chi connectivity index (χ1) is 7.84. The number of benzene rings is 1. The maximum absolute atomic E-state index is 13.2. The summed E-state index contributed by atoms with van der Waals surface area (Å²) in [5.74, 6) is -1.22. The first kappa shape index (κ1) is 13.8. The molecule has 2 N–H and O–H groups in total. The van der Waals surface area contributed by atoms with Crippen LogP contribution in [0.1, 0.15) is 12.0 Å². The summed E-state index contributed by atoms with van der Waals surface area (Å²) < 4.78 is 55.5. The van der Waals surface area contributed by atoms with Crippen molar-refractivity contribution in [3.63, 3.8) is 0 Å². The highest BCUT2D eigenvalue weighted by Gasteiger charge is 2.41. The Balaban J connectivity index is 2.89. The number of hydrogen-bond acceptors (Lipinski definition) is 2. The summed E-state index contributed by atoms with van der Waals surface area (Å²) in [7, 11) is 0. The van der Waals surface area contributed by atoms with Crippen LogP contribution in [0.5, 0.6) is 5.75 Å². The van der Waals surface area contributed by atoms with Crippen LogP contribution in [-0.2, 0) is 0 Å². The molecule has 0 saturated heterocycles. The Morgan fingerprint density at radius 1 is 1.35 bits per heavy atom. The van der Waals surface area contributed by atoms with Crippen molar-refractivity contribution in [2.75, 3.05) is 6.54 Å². The molecule has 17 heavy (non-hydrogen) atoms. The Kier molecular flexibility index (Phi) is 4.34. The van der Waals surface area contributed by atoms with Gasteiger partial charge in [0.15, 0.2) is 17.7 Å². The number of hydrogen-bond donors (Lipinski definition) is 1. The zero-order valence-corrected chi connectivity index (χ0v) is 9.22. The molecule has 2 nitrogen and oxygen atoms in total. The monoisotopic (exact) mass is 251 g/mol. The van der Waals surface area contributed by atoms with E-state index >= 15 is 0 Å². The maximum Gasteiger partial charge on any atom is 0.425 e. The minimum absolute atomic E-state index is 0.183. The maximum atomic E-state index is 13.2. The number of halogens is 4. The van der Waals surface area contributed by atoms with Crippen molar-refractivity contribution >= 4 is 0 Å². The van der Waals surface area contributed by atoms with Gasteiger partial charge in [0.25, 0.3) is 0 Å². The Labute approximate surface area is 96.4 Å². The van der Waals surface area contributed by atoms with E-state index < -0.39 is 30.3 Å². The molecule has 1 aromatic rings. The van der Waals surface area contributed by atoms with E-state index in [2.05, 4.69) is 4.74 Å². The van der Waals surface area contributed by atoms with Crippen molar-refractivity contribution in [1.82, 2.24) is 0 Å². The standard InChI is InChI=1S/C11H13F4NO/c1-7-2-3-8(12)9(6-7)17-10(4-5-16)11(13,14)15/h2-3,6,10H,4-5,16H2,1H3. The van der Waals surface area contributed by atoms with E-state index in [1.54, 1.807) is 6.92 Å². The first-order valence-electron chi connectivity index (χ1n) is 5.04. The van der Waals surface area contributed by atoms with E-state index in [0.717, 1.165) is 6.07 Å². The van der Waals surface area contributed by atoms with Gasteiger partial charge in [-0.15, -0.1) is 0 Å². The largest absolute Gasteiger partial charge is 0.478 e. The highest BCUT2D eigenvalue weighted by Crippen LogP contribution is 2.28. The zero-order chi connectivity index (χ0) is 13.1. The van der Waals surface area contributed by atoms with Crippen LogP contribution in [0.4, 0.5) is 17.6 Å². The number of aryl methyl sites for hydroxylation is 1. The summed E-state index contributed by atoms with van der Waals surface area (Å²) in [5.41, 5.74) is 5.69. The van der Waals surface area contributed by atoms with Gasteiger partial charge in [-0.05, 0) is 31.2 Å². The molecule has 0 fully saturated rings. The summed E-state index contributed by atoms with van der Waals surface area (Å²) in [6, 6.07) is 3.75. The molecular weight excluding hydrogens is 238 g/mol. The normalized spacial score (nSPS) is 13.5. The molecule has 1 rings (SSSR count). The molecule has 0 aliphatic rings. The molecule has 0 spiro atoms. The summed E-state index contributed by atoms with van der Waals surface area (Å²) in [4.78, 5) is 0. The second kappa shape index (κ2) is 5.35. The molecule has 96 valence electrons. The van der Waals surface area contributed by atoms with Gasteiger partial charge < -0.3 is 10.5 Å². The lowest BCUT2D eigenvalue weighted by Crippen LogP contribution is -2.36. The van der Waals surface area contributed by atoms with Gasteiger partial charge in [0.05, 0.1) is 0 Å². The Morgan fingerprint density at radius 2 is 2.00 bits per heavy atom. The fourth-order valence-corrected chi connectivity index (χ4v) is 1.29. The minimum Gasteiger partial charge on any atom is -0.478 e. The Bertz CT molecular complexity index is 378. The van der Waals surface area contributed by atoms with Crippen LogP contribution in [0.2, 0.25) is 0 Å². The van der Waals surface area contributed by atoms with Crippen LogP contribution >= 0.6 is 0 Å². The third-order valence-electron chi connectivity index (χ3n) is 2.15. The van der Waals surface area contributed by atoms with E-state index in [1.165, 1.54) is 12.1 Å². The summed E-state index contributed by atoms with van der Waals surface area (Å²) in [6.07, 6.45) is -7.05. The SMILES string of the molecule is Cc1ccc(F)c(OC(CCN)C(F)(F)F)c1. The van der Waals surface area contributed by atoms with Crippen molar-refractivity contribution in [2.45, 2.75) is 25.6 Å². The van der Waals surface area contributed by atoms with E-state index in [1.807, 2.05) is 0 Å². The fourth-order valence-electron chi connectivity index (χ4n) is 1.29. The van der Waals surface area contributed by atoms with Gasteiger partial charge in [-0.1, -0.05) is 6.07 Å². The third kappa shape index (κ3) is 3.89. The van der Waals surface area contributed by atoms with Gasteiger partial charge in [-0.25, -0.2) is 4.39 Å². The average molecular weight is 251 g/mol. The van der Waals surface area contributed by atoms with E-state index in [0.29, 0.717) is 5.56 Å². The molecular formula is C11H13F4NO. The lowest BCUT2D eigenvalue weighted by Gasteiger charge is -2.21. The highest BCUT2D eigenvalue weighted by molar-refractivity contribution is 5.29.